The predicted molar refractivity (Wildman–Crippen MR) is 72.9 cm³/mol. The van der Waals surface area contributed by atoms with Crippen LogP contribution in [0, 0.1) is 0 Å². The summed E-state index contributed by atoms with van der Waals surface area (Å²) in [4.78, 5) is 13.9. The van der Waals surface area contributed by atoms with E-state index in [4.69, 9.17) is 9.47 Å². The van der Waals surface area contributed by atoms with E-state index in [9.17, 15) is 4.79 Å². The van der Waals surface area contributed by atoms with Gasteiger partial charge >= 0.3 is 0 Å². The maximum atomic E-state index is 12.0. The summed E-state index contributed by atoms with van der Waals surface area (Å²) in [7, 11) is 0. The number of carbonyl (C=O) groups is 1. The molecule has 0 aliphatic carbocycles. The Labute approximate surface area is 112 Å². The molecule has 1 aromatic rings. The Morgan fingerprint density at radius 1 is 1.26 bits per heavy atom. The Bertz CT molecular complexity index is 502. The molecule has 0 fully saturated rings. The molecule has 0 bridgehead atoms. The summed E-state index contributed by atoms with van der Waals surface area (Å²) in [5, 5.41) is 3.14. The molecule has 102 valence electrons. The van der Waals surface area contributed by atoms with Crippen LogP contribution in [-0.4, -0.2) is 25.8 Å². The van der Waals surface area contributed by atoms with Gasteiger partial charge in [0, 0.05) is 18.7 Å². The van der Waals surface area contributed by atoms with Gasteiger partial charge < -0.3 is 19.7 Å². The summed E-state index contributed by atoms with van der Waals surface area (Å²) in [6.45, 7) is 3.52. The third-order valence-electron chi connectivity index (χ3n) is 3.50. The van der Waals surface area contributed by atoms with E-state index in [0.717, 1.165) is 48.7 Å². The van der Waals surface area contributed by atoms with Crippen LogP contribution < -0.4 is 19.7 Å². The Balaban J connectivity index is 1.88. The molecular weight excluding hydrogens is 244 g/mol. The summed E-state index contributed by atoms with van der Waals surface area (Å²) in [5.74, 6) is 1.58. The van der Waals surface area contributed by atoms with Gasteiger partial charge in [-0.1, -0.05) is 19.8 Å². The van der Waals surface area contributed by atoms with Crippen molar-refractivity contribution < 1.29 is 14.3 Å². The molecule has 3 rings (SSSR count). The van der Waals surface area contributed by atoms with Crippen LogP contribution in [0.15, 0.2) is 12.1 Å². The number of nitrogens with zero attached hydrogens (tertiary/aromatic N) is 1. The number of fused-ring (bicyclic) bond motifs is 2. The zero-order valence-electron chi connectivity index (χ0n) is 11.1. The second-order valence-corrected chi connectivity index (χ2v) is 4.83. The first-order chi connectivity index (χ1) is 9.29. The quantitative estimate of drug-likeness (QED) is 0.846. The van der Waals surface area contributed by atoms with Gasteiger partial charge in [0.15, 0.2) is 11.5 Å². The van der Waals surface area contributed by atoms with Crippen LogP contribution in [0.3, 0.4) is 0 Å². The van der Waals surface area contributed by atoms with Gasteiger partial charge in [-0.3, -0.25) is 4.79 Å². The molecule has 1 aromatic carbocycles. The van der Waals surface area contributed by atoms with Crippen molar-refractivity contribution in [3.63, 3.8) is 0 Å². The molecular formula is C14H18N2O3. The van der Waals surface area contributed by atoms with E-state index >= 15 is 0 Å². The topological polar surface area (TPSA) is 50.8 Å². The average Bonchev–Trinajstić information content (AvgIpc) is 2.86. The molecule has 1 amide bonds. The van der Waals surface area contributed by atoms with Gasteiger partial charge in [0.05, 0.1) is 17.9 Å². The van der Waals surface area contributed by atoms with Gasteiger partial charge in [0.2, 0.25) is 12.7 Å². The van der Waals surface area contributed by atoms with E-state index in [1.54, 1.807) is 0 Å². The number of anilines is 2. The maximum absolute atomic E-state index is 12.0. The molecule has 5 nitrogen and oxygen atoms in total. The van der Waals surface area contributed by atoms with E-state index in [0.29, 0.717) is 6.54 Å². The van der Waals surface area contributed by atoms with Gasteiger partial charge in [-0.25, -0.2) is 0 Å². The summed E-state index contributed by atoms with van der Waals surface area (Å²) >= 11 is 0. The summed E-state index contributed by atoms with van der Waals surface area (Å²) in [5.41, 5.74) is 1.84. The second kappa shape index (κ2) is 4.99. The highest BCUT2D eigenvalue weighted by Crippen LogP contribution is 2.42. The minimum atomic E-state index is 0.113. The van der Waals surface area contributed by atoms with Crippen molar-refractivity contribution in [3.8, 4) is 11.5 Å². The number of unbranched alkanes of at least 4 members (excludes halogenated alkanes) is 2. The van der Waals surface area contributed by atoms with Gasteiger partial charge in [0.25, 0.3) is 0 Å². The zero-order chi connectivity index (χ0) is 13.2. The molecule has 0 saturated carbocycles. The molecule has 5 heteroatoms. The van der Waals surface area contributed by atoms with Gasteiger partial charge in [-0.05, 0) is 6.42 Å². The van der Waals surface area contributed by atoms with Crippen molar-refractivity contribution in [2.45, 2.75) is 26.2 Å². The standard InChI is InChI=1S/C14H18N2O3/c1-2-3-4-5-16-11-7-13-12(18-9-19-13)6-10(11)15-8-14(16)17/h6-7,15H,2-5,8-9H2,1H3. The smallest absolute Gasteiger partial charge is 0.246 e. The molecule has 2 aliphatic rings. The number of hydrogen-bond donors (Lipinski definition) is 1. The first-order valence-corrected chi connectivity index (χ1v) is 6.77. The van der Waals surface area contributed by atoms with Crippen molar-refractivity contribution in [1.82, 2.24) is 0 Å². The molecule has 0 unspecified atom stereocenters. The van der Waals surface area contributed by atoms with E-state index in [1.807, 2.05) is 17.0 Å². The fourth-order valence-electron chi connectivity index (χ4n) is 2.46. The highest BCUT2D eigenvalue weighted by atomic mass is 16.7. The van der Waals surface area contributed by atoms with Crippen molar-refractivity contribution >= 4 is 17.3 Å². The minimum Gasteiger partial charge on any atom is -0.454 e. The number of rotatable bonds is 4. The van der Waals surface area contributed by atoms with Crippen LogP contribution in [0.1, 0.15) is 26.2 Å². The molecule has 0 spiro atoms. The van der Waals surface area contributed by atoms with Crippen molar-refractivity contribution in [2.24, 2.45) is 0 Å². The third kappa shape index (κ3) is 2.20. The van der Waals surface area contributed by atoms with Crippen molar-refractivity contribution in [2.75, 3.05) is 30.1 Å². The van der Waals surface area contributed by atoms with Crippen LogP contribution in [0.25, 0.3) is 0 Å². The van der Waals surface area contributed by atoms with Crippen LogP contribution in [0.4, 0.5) is 11.4 Å². The Morgan fingerprint density at radius 3 is 2.84 bits per heavy atom. The van der Waals surface area contributed by atoms with Crippen LogP contribution in [-0.2, 0) is 4.79 Å². The van der Waals surface area contributed by atoms with Gasteiger partial charge in [0.1, 0.15) is 0 Å². The average molecular weight is 262 g/mol. The zero-order valence-corrected chi connectivity index (χ0v) is 11.1. The van der Waals surface area contributed by atoms with E-state index in [2.05, 4.69) is 12.2 Å². The monoisotopic (exact) mass is 262 g/mol. The van der Waals surface area contributed by atoms with E-state index in [-0.39, 0.29) is 12.7 Å². The molecule has 2 aliphatic heterocycles. The minimum absolute atomic E-state index is 0.113. The Hall–Kier alpha value is -1.91. The lowest BCUT2D eigenvalue weighted by Crippen LogP contribution is -2.40. The third-order valence-corrected chi connectivity index (χ3v) is 3.50. The lowest BCUT2D eigenvalue weighted by atomic mass is 10.1. The highest BCUT2D eigenvalue weighted by Gasteiger charge is 2.27. The largest absolute Gasteiger partial charge is 0.454 e. The fraction of sp³-hybridized carbons (Fsp3) is 0.500. The number of nitrogens with one attached hydrogen (secondary N) is 1. The fourth-order valence-corrected chi connectivity index (χ4v) is 2.46. The lowest BCUT2D eigenvalue weighted by Gasteiger charge is -2.30. The van der Waals surface area contributed by atoms with Crippen molar-refractivity contribution in [1.29, 1.82) is 0 Å². The van der Waals surface area contributed by atoms with Crippen LogP contribution >= 0.6 is 0 Å². The van der Waals surface area contributed by atoms with E-state index in [1.165, 1.54) is 0 Å². The molecule has 2 heterocycles. The maximum Gasteiger partial charge on any atom is 0.246 e. The highest BCUT2D eigenvalue weighted by molar-refractivity contribution is 6.03. The first kappa shape index (κ1) is 12.1. The predicted octanol–water partition coefficient (Wildman–Crippen LogP) is 2.36. The van der Waals surface area contributed by atoms with Crippen molar-refractivity contribution in [3.05, 3.63) is 12.1 Å². The number of carbonyl (C=O) groups excluding carboxylic acids is 1. The second-order valence-electron chi connectivity index (χ2n) is 4.83. The number of benzene rings is 1. The summed E-state index contributed by atoms with van der Waals surface area (Å²) in [6.07, 6.45) is 3.31. The molecule has 0 saturated heterocycles. The van der Waals surface area contributed by atoms with Crippen LogP contribution in [0.5, 0.6) is 11.5 Å². The SMILES string of the molecule is CCCCCN1C(=O)CNc2cc3c(cc21)OCO3. The van der Waals surface area contributed by atoms with Crippen LogP contribution in [0.2, 0.25) is 0 Å². The summed E-state index contributed by atoms with van der Waals surface area (Å²) < 4.78 is 10.7. The molecule has 0 aromatic heterocycles. The van der Waals surface area contributed by atoms with Gasteiger partial charge in [-0.15, -0.1) is 0 Å². The molecule has 0 atom stereocenters. The number of hydrogen-bond acceptors (Lipinski definition) is 4. The number of amides is 1. The van der Waals surface area contributed by atoms with E-state index < -0.39 is 0 Å². The van der Waals surface area contributed by atoms with Gasteiger partial charge in [-0.2, -0.15) is 0 Å². The Kier molecular flexibility index (Phi) is 3.19. The Morgan fingerprint density at radius 2 is 2.05 bits per heavy atom. The molecule has 0 radical (unpaired) electrons. The molecule has 19 heavy (non-hydrogen) atoms. The normalized spacial score (nSPS) is 16.3. The number of ether oxygens (including phenoxy) is 2. The molecule has 1 N–H and O–H groups in total. The first-order valence-electron chi connectivity index (χ1n) is 6.77. The lowest BCUT2D eigenvalue weighted by molar-refractivity contribution is -0.117. The summed E-state index contributed by atoms with van der Waals surface area (Å²) in [6, 6.07) is 3.81.